The lowest BCUT2D eigenvalue weighted by Crippen LogP contribution is -2.04. The SMILES string of the molecule is C1=CC(c2nc(-c3ccc4ccccc4c3)nc(-c3cc(C4=CCCc5c4oc4cc6c(cc54)C=CCC6)cc4oc5ccccc5c34)n2)=CCC1. The second kappa shape index (κ2) is 11.6. The molecule has 0 spiro atoms. The Morgan fingerprint density at radius 3 is 2.35 bits per heavy atom. The average Bonchev–Trinajstić information content (AvgIpc) is 3.77. The predicted molar refractivity (Wildman–Crippen MR) is 211 cm³/mol. The Labute approximate surface area is 300 Å². The van der Waals surface area contributed by atoms with Crippen molar-refractivity contribution >= 4 is 60.9 Å². The summed E-state index contributed by atoms with van der Waals surface area (Å²) in [7, 11) is 0. The molecule has 11 rings (SSSR count). The average molecular weight is 672 g/mol. The van der Waals surface area contributed by atoms with E-state index in [1.807, 2.05) is 12.1 Å². The van der Waals surface area contributed by atoms with Gasteiger partial charge in [-0.25, -0.2) is 15.0 Å². The summed E-state index contributed by atoms with van der Waals surface area (Å²) in [5, 5.41) is 5.57. The number of hydrogen-bond acceptors (Lipinski definition) is 5. The van der Waals surface area contributed by atoms with Crippen molar-refractivity contribution in [2.75, 3.05) is 0 Å². The minimum absolute atomic E-state index is 0.618. The summed E-state index contributed by atoms with van der Waals surface area (Å²) in [6.07, 6.45) is 19.4. The van der Waals surface area contributed by atoms with Gasteiger partial charge in [0.15, 0.2) is 17.5 Å². The van der Waals surface area contributed by atoms with Crippen LogP contribution in [-0.4, -0.2) is 15.0 Å². The van der Waals surface area contributed by atoms with E-state index in [1.54, 1.807) is 0 Å². The van der Waals surface area contributed by atoms with Gasteiger partial charge in [0.1, 0.15) is 22.5 Å². The molecule has 3 heterocycles. The van der Waals surface area contributed by atoms with Crippen LogP contribution in [0.3, 0.4) is 0 Å². The Morgan fingerprint density at radius 1 is 0.538 bits per heavy atom. The number of hydrogen-bond donors (Lipinski definition) is 0. The third-order valence-electron chi connectivity index (χ3n) is 10.8. The van der Waals surface area contributed by atoms with Gasteiger partial charge in [-0.1, -0.05) is 91.1 Å². The van der Waals surface area contributed by atoms with Crippen LogP contribution in [-0.2, 0) is 12.8 Å². The Hall–Kier alpha value is -6.33. The molecule has 5 nitrogen and oxygen atoms in total. The standard InChI is InChI=1S/C47H33N3O2/c1-2-12-29(13-3-1)45-48-46(33-22-21-28-11-4-5-14-30(28)23-33)50-47(49-45)39-25-34(27-42-43(39)37-17-8-9-20-40(37)51-42)35-18-10-19-36-38-24-31-15-6-7-16-32(31)26-41(38)52-44(35)36/h2,4-6,8-9,11-15,17-18,20-27H,1,3,7,10,16,19H2. The number of furan rings is 2. The predicted octanol–water partition coefficient (Wildman–Crippen LogP) is 12.1. The molecule has 0 atom stereocenters. The highest BCUT2D eigenvalue weighted by atomic mass is 16.3. The fourth-order valence-corrected chi connectivity index (χ4v) is 8.29. The van der Waals surface area contributed by atoms with Crippen molar-refractivity contribution in [3.63, 3.8) is 0 Å². The number of allylic oxidation sites excluding steroid dienone is 6. The Morgan fingerprint density at radius 2 is 1.40 bits per heavy atom. The second-order valence-electron chi connectivity index (χ2n) is 14.1. The molecular formula is C47H33N3O2. The van der Waals surface area contributed by atoms with Crippen molar-refractivity contribution < 1.29 is 8.83 Å². The first kappa shape index (κ1) is 29.4. The fraction of sp³-hybridized carbons (Fsp3) is 0.128. The van der Waals surface area contributed by atoms with Crippen LogP contribution in [0.25, 0.3) is 83.7 Å². The maximum Gasteiger partial charge on any atom is 0.164 e. The number of para-hydroxylation sites is 1. The zero-order chi connectivity index (χ0) is 34.2. The van der Waals surface area contributed by atoms with Crippen LogP contribution in [0.1, 0.15) is 59.5 Å². The lowest BCUT2D eigenvalue weighted by Gasteiger charge is -2.15. The van der Waals surface area contributed by atoms with Crippen LogP contribution in [0, 0.1) is 0 Å². The Balaban J connectivity index is 1.15. The summed E-state index contributed by atoms with van der Waals surface area (Å²) in [4.78, 5) is 15.6. The first-order valence-corrected chi connectivity index (χ1v) is 18.3. The van der Waals surface area contributed by atoms with E-state index in [-0.39, 0.29) is 0 Å². The quantitative estimate of drug-likeness (QED) is 0.186. The van der Waals surface area contributed by atoms with Crippen LogP contribution in [0.5, 0.6) is 0 Å². The van der Waals surface area contributed by atoms with Gasteiger partial charge in [-0.15, -0.1) is 0 Å². The molecule has 5 aromatic carbocycles. The highest BCUT2D eigenvalue weighted by Crippen LogP contribution is 2.44. The van der Waals surface area contributed by atoms with Gasteiger partial charge in [0, 0.05) is 44.0 Å². The molecule has 0 aliphatic heterocycles. The van der Waals surface area contributed by atoms with Crippen molar-refractivity contribution in [2.24, 2.45) is 0 Å². The molecule has 5 heteroatoms. The summed E-state index contributed by atoms with van der Waals surface area (Å²) in [5.74, 6) is 2.88. The number of aromatic nitrogens is 3. The highest BCUT2D eigenvalue weighted by molar-refractivity contribution is 6.13. The monoisotopic (exact) mass is 671 g/mol. The molecule has 3 aliphatic carbocycles. The van der Waals surface area contributed by atoms with Crippen molar-refractivity contribution in [1.82, 2.24) is 15.0 Å². The second-order valence-corrected chi connectivity index (χ2v) is 14.1. The molecule has 0 saturated carbocycles. The molecule has 3 aliphatic rings. The van der Waals surface area contributed by atoms with Crippen molar-refractivity contribution in [2.45, 2.75) is 38.5 Å². The van der Waals surface area contributed by atoms with Crippen LogP contribution < -0.4 is 0 Å². The maximum atomic E-state index is 6.77. The van der Waals surface area contributed by atoms with Crippen LogP contribution in [0.2, 0.25) is 0 Å². The lowest BCUT2D eigenvalue weighted by atomic mass is 9.88. The van der Waals surface area contributed by atoms with Gasteiger partial charge in [0.05, 0.1) is 0 Å². The number of rotatable bonds is 4. The summed E-state index contributed by atoms with van der Waals surface area (Å²) in [5.41, 5.74) is 11.5. The molecule has 8 aromatic rings. The molecule has 248 valence electrons. The smallest absolute Gasteiger partial charge is 0.164 e. The zero-order valence-electron chi connectivity index (χ0n) is 28.5. The first-order valence-electron chi connectivity index (χ1n) is 18.3. The van der Waals surface area contributed by atoms with Crippen LogP contribution >= 0.6 is 0 Å². The molecule has 0 amide bonds. The zero-order valence-corrected chi connectivity index (χ0v) is 28.5. The molecule has 0 fully saturated rings. The summed E-state index contributed by atoms with van der Waals surface area (Å²) < 4.78 is 13.4. The van der Waals surface area contributed by atoms with E-state index < -0.39 is 0 Å². The fourth-order valence-electron chi connectivity index (χ4n) is 8.29. The summed E-state index contributed by atoms with van der Waals surface area (Å²) in [6.45, 7) is 0. The largest absolute Gasteiger partial charge is 0.456 e. The van der Waals surface area contributed by atoms with Gasteiger partial charge >= 0.3 is 0 Å². The molecule has 0 radical (unpaired) electrons. The molecule has 0 N–H and O–H groups in total. The van der Waals surface area contributed by atoms with Crippen molar-refractivity contribution in [1.29, 1.82) is 0 Å². The Kier molecular flexibility index (Phi) is 6.56. The summed E-state index contributed by atoms with van der Waals surface area (Å²) >= 11 is 0. The number of aryl methyl sites for hydroxylation is 2. The number of nitrogens with zero attached hydrogens (tertiary/aromatic N) is 3. The molecule has 0 unspecified atom stereocenters. The van der Waals surface area contributed by atoms with Crippen LogP contribution in [0.4, 0.5) is 0 Å². The van der Waals surface area contributed by atoms with Crippen molar-refractivity contribution in [3.05, 3.63) is 155 Å². The lowest BCUT2D eigenvalue weighted by molar-refractivity contribution is 0.590. The third kappa shape index (κ3) is 4.73. The van der Waals surface area contributed by atoms with E-state index in [0.29, 0.717) is 17.5 Å². The van der Waals surface area contributed by atoms with Crippen LogP contribution in [0.15, 0.2) is 130 Å². The minimum atomic E-state index is 0.618. The van der Waals surface area contributed by atoms with Gasteiger partial charge in [-0.05, 0) is 102 Å². The minimum Gasteiger partial charge on any atom is -0.456 e. The van der Waals surface area contributed by atoms with E-state index in [0.717, 1.165) is 105 Å². The Bertz CT molecular complexity index is 2920. The molecule has 0 bridgehead atoms. The summed E-state index contributed by atoms with van der Waals surface area (Å²) in [6, 6.07) is 32.0. The first-order chi connectivity index (χ1) is 25.7. The van der Waals surface area contributed by atoms with Gasteiger partial charge < -0.3 is 8.83 Å². The molecular weight excluding hydrogens is 639 g/mol. The van der Waals surface area contributed by atoms with Gasteiger partial charge in [-0.3, -0.25) is 0 Å². The number of fused-ring (bicyclic) bond motifs is 8. The third-order valence-corrected chi connectivity index (χ3v) is 10.8. The maximum absolute atomic E-state index is 6.77. The van der Waals surface area contributed by atoms with E-state index in [2.05, 4.69) is 115 Å². The van der Waals surface area contributed by atoms with E-state index in [1.165, 1.54) is 27.5 Å². The van der Waals surface area contributed by atoms with E-state index in [9.17, 15) is 0 Å². The topological polar surface area (TPSA) is 65.0 Å². The van der Waals surface area contributed by atoms with Gasteiger partial charge in [0.2, 0.25) is 0 Å². The highest BCUT2D eigenvalue weighted by Gasteiger charge is 2.26. The van der Waals surface area contributed by atoms with E-state index >= 15 is 0 Å². The van der Waals surface area contributed by atoms with Gasteiger partial charge in [0.25, 0.3) is 0 Å². The number of benzene rings is 5. The van der Waals surface area contributed by atoms with Crippen molar-refractivity contribution in [3.8, 4) is 22.8 Å². The normalized spacial score (nSPS) is 15.3. The molecule has 0 saturated heterocycles. The van der Waals surface area contributed by atoms with E-state index in [4.69, 9.17) is 23.8 Å². The van der Waals surface area contributed by atoms with Gasteiger partial charge in [-0.2, -0.15) is 0 Å². The molecule has 3 aromatic heterocycles. The molecule has 52 heavy (non-hydrogen) atoms.